The summed E-state index contributed by atoms with van der Waals surface area (Å²) < 4.78 is 5.23. The first-order valence-corrected chi connectivity index (χ1v) is 5.43. The number of hydrogen-bond donors (Lipinski definition) is 0. The quantitative estimate of drug-likeness (QED) is 0.758. The van der Waals surface area contributed by atoms with Crippen molar-refractivity contribution in [3.8, 4) is 11.5 Å². The van der Waals surface area contributed by atoms with Crippen LogP contribution < -0.4 is 0 Å². The second kappa shape index (κ2) is 3.91. The van der Waals surface area contributed by atoms with Crippen molar-refractivity contribution in [3.63, 3.8) is 0 Å². The standard InChI is InChI=1S/C12H13ClN2O/c1-12(2,3)10-6-8(13)4-5-9(10)11-15-14-7-16-11/h4-7H,1-3H3. The summed E-state index contributed by atoms with van der Waals surface area (Å²) in [5.41, 5.74) is 2.02. The molecule has 1 aromatic heterocycles. The molecule has 0 saturated heterocycles. The maximum atomic E-state index is 6.02. The minimum atomic E-state index is -0.0191. The Hall–Kier alpha value is -1.35. The zero-order chi connectivity index (χ0) is 11.8. The molecule has 0 amide bonds. The van der Waals surface area contributed by atoms with Crippen LogP contribution in [0.3, 0.4) is 0 Å². The fraction of sp³-hybridized carbons (Fsp3) is 0.333. The highest BCUT2D eigenvalue weighted by Gasteiger charge is 2.21. The van der Waals surface area contributed by atoms with Gasteiger partial charge in [0, 0.05) is 10.6 Å². The first kappa shape index (κ1) is 11.1. The van der Waals surface area contributed by atoms with Crippen molar-refractivity contribution in [2.24, 2.45) is 0 Å². The molecular weight excluding hydrogens is 224 g/mol. The van der Waals surface area contributed by atoms with Gasteiger partial charge < -0.3 is 4.42 Å². The highest BCUT2D eigenvalue weighted by molar-refractivity contribution is 6.30. The van der Waals surface area contributed by atoms with E-state index in [1.807, 2.05) is 18.2 Å². The Balaban J connectivity index is 2.62. The molecule has 0 bridgehead atoms. The fourth-order valence-electron chi connectivity index (χ4n) is 1.61. The molecule has 2 rings (SSSR count). The van der Waals surface area contributed by atoms with Crippen molar-refractivity contribution >= 4 is 11.6 Å². The maximum absolute atomic E-state index is 6.02. The topological polar surface area (TPSA) is 38.9 Å². The van der Waals surface area contributed by atoms with Crippen molar-refractivity contribution in [1.29, 1.82) is 0 Å². The average Bonchev–Trinajstić information content (AvgIpc) is 2.69. The molecule has 0 spiro atoms. The summed E-state index contributed by atoms with van der Waals surface area (Å²) in [7, 11) is 0. The van der Waals surface area contributed by atoms with E-state index in [1.165, 1.54) is 6.39 Å². The third-order valence-electron chi connectivity index (χ3n) is 2.38. The average molecular weight is 237 g/mol. The predicted octanol–water partition coefficient (Wildman–Crippen LogP) is 3.69. The van der Waals surface area contributed by atoms with Crippen LogP contribution >= 0.6 is 11.6 Å². The van der Waals surface area contributed by atoms with Gasteiger partial charge in [0.15, 0.2) is 0 Å². The molecule has 0 aliphatic rings. The Bertz CT molecular complexity index is 486. The van der Waals surface area contributed by atoms with Gasteiger partial charge in [0.25, 0.3) is 0 Å². The number of benzene rings is 1. The van der Waals surface area contributed by atoms with Crippen LogP contribution in [-0.2, 0) is 5.41 Å². The van der Waals surface area contributed by atoms with Crippen LogP contribution in [-0.4, -0.2) is 10.2 Å². The van der Waals surface area contributed by atoms with Crippen molar-refractivity contribution < 1.29 is 4.42 Å². The normalized spacial score (nSPS) is 11.8. The van der Waals surface area contributed by atoms with E-state index in [1.54, 1.807) is 0 Å². The van der Waals surface area contributed by atoms with Crippen LogP contribution in [0.4, 0.5) is 0 Å². The molecule has 0 atom stereocenters. The Labute approximate surface area is 99.5 Å². The summed E-state index contributed by atoms with van der Waals surface area (Å²) >= 11 is 6.02. The van der Waals surface area contributed by atoms with Gasteiger partial charge in [-0.25, -0.2) is 0 Å². The molecule has 0 radical (unpaired) electrons. The monoisotopic (exact) mass is 236 g/mol. The van der Waals surface area contributed by atoms with E-state index in [9.17, 15) is 0 Å². The summed E-state index contributed by atoms with van der Waals surface area (Å²) in [6, 6.07) is 5.69. The predicted molar refractivity (Wildman–Crippen MR) is 63.4 cm³/mol. The van der Waals surface area contributed by atoms with Gasteiger partial charge in [-0.3, -0.25) is 0 Å². The third kappa shape index (κ3) is 2.09. The summed E-state index contributed by atoms with van der Waals surface area (Å²) in [5, 5.41) is 8.34. The van der Waals surface area contributed by atoms with Crippen LogP contribution in [0, 0.1) is 0 Å². The molecule has 4 heteroatoms. The van der Waals surface area contributed by atoms with Crippen LogP contribution in [0.15, 0.2) is 29.0 Å². The fourth-order valence-corrected chi connectivity index (χ4v) is 1.79. The smallest absolute Gasteiger partial charge is 0.247 e. The molecule has 0 fully saturated rings. The highest BCUT2D eigenvalue weighted by atomic mass is 35.5. The van der Waals surface area contributed by atoms with E-state index in [4.69, 9.17) is 16.0 Å². The van der Waals surface area contributed by atoms with E-state index in [-0.39, 0.29) is 5.41 Å². The lowest BCUT2D eigenvalue weighted by molar-refractivity contribution is 0.557. The molecule has 0 aliphatic heterocycles. The first-order chi connectivity index (χ1) is 7.48. The molecule has 2 aromatic rings. The maximum Gasteiger partial charge on any atom is 0.247 e. The molecule has 16 heavy (non-hydrogen) atoms. The molecule has 3 nitrogen and oxygen atoms in total. The third-order valence-corrected chi connectivity index (χ3v) is 2.62. The SMILES string of the molecule is CC(C)(C)c1cc(Cl)ccc1-c1nnco1. The second-order valence-electron chi connectivity index (χ2n) is 4.68. The van der Waals surface area contributed by atoms with E-state index >= 15 is 0 Å². The minimum Gasteiger partial charge on any atom is -0.423 e. The van der Waals surface area contributed by atoms with Crippen molar-refractivity contribution in [3.05, 3.63) is 35.2 Å². The number of aromatic nitrogens is 2. The Morgan fingerprint density at radius 1 is 1.25 bits per heavy atom. The van der Waals surface area contributed by atoms with Crippen LogP contribution in [0.5, 0.6) is 0 Å². The number of rotatable bonds is 1. The van der Waals surface area contributed by atoms with Crippen molar-refractivity contribution in [1.82, 2.24) is 10.2 Å². The molecule has 0 unspecified atom stereocenters. The van der Waals surface area contributed by atoms with Gasteiger partial charge in [0.1, 0.15) is 0 Å². The number of nitrogens with zero attached hydrogens (tertiary/aromatic N) is 2. The Morgan fingerprint density at radius 3 is 2.56 bits per heavy atom. The molecule has 1 heterocycles. The van der Waals surface area contributed by atoms with Crippen LogP contribution in [0.25, 0.3) is 11.5 Å². The van der Waals surface area contributed by atoms with E-state index in [2.05, 4.69) is 31.0 Å². The molecule has 0 aliphatic carbocycles. The zero-order valence-corrected chi connectivity index (χ0v) is 10.2. The van der Waals surface area contributed by atoms with Crippen molar-refractivity contribution in [2.75, 3.05) is 0 Å². The summed E-state index contributed by atoms with van der Waals surface area (Å²) in [5.74, 6) is 0.529. The Morgan fingerprint density at radius 2 is 2.00 bits per heavy atom. The largest absolute Gasteiger partial charge is 0.423 e. The summed E-state index contributed by atoms with van der Waals surface area (Å²) in [6.07, 6.45) is 1.33. The van der Waals surface area contributed by atoms with Gasteiger partial charge in [0.2, 0.25) is 12.3 Å². The van der Waals surface area contributed by atoms with Crippen molar-refractivity contribution in [2.45, 2.75) is 26.2 Å². The van der Waals surface area contributed by atoms with Gasteiger partial charge in [0.05, 0.1) is 0 Å². The van der Waals surface area contributed by atoms with Gasteiger partial charge in [-0.15, -0.1) is 10.2 Å². The lowest BCUT2D eigenvalue weighted by atomic mass is 9.84. The first-order valence-electron chi connectivity index (χ1n) is 5.05. The minimum absolute atomic E-state index is 0.0191. The zero-order valence-electron chi connectivity index (χ0n) is 9.49. The van der Waals surface area contributed by atoms with Gasteiger partial charge >= 0.3 is 0 Å². The lowest BCUT2D eigenvalue weighted by Gasteiger charge is -2.21. The van der Waals surface area contributed by atoms with E-state index in [0.717, 1.165) is 11.1 Å². The van der Waals surface area contributed by atoms with Gasteiger partial charge in [-0.2, -0.15) is 0 Å². The number of halogens is 1. The van der Waals surface area contributed by atoms with Gasteiger partial charge in [-0.05, 0) is 29.2 Å². The molecule has 84 valence electrons. The molecular formula is C12H13ClN2O. The number of hydrogen-bond acceptors (Lipinski definition) is 3. The lowest BCUT2D eigenvalue weighted by Crippen LogP contribution is -2.12. The van der Waals surface area contributed by atoms with E-state index in [0.29, 0.717) is 10.9 Å². The molecule has 0 N–H and O–H groups in total. The highest BCUT2D eigenvalue weighted by Crippen LogP contribution is 2.33. The van der Waals surface area contributed by atoms with Gasteiger partial charge in [-0.1, -0.05) is 32.4 Å². The summed E-state index contributed by atoms with van der Waals surface area (Å²) in [4.78, 5) is 0. The second-order valence-corrected chi connectivity index (χ2v) is 5.12. The van der Waals surface area contributed by atoms with Crippen LogP contribution in [0.1, 0.15) is 26.3 Å². The molecule has 0 saturated carbocycles. The summed E-state index contributed by atoms with van der Waals surface area (Å²) in [6.45, 7) is 6.37. The van der Waals surface area contributed by atoms with Crippen LogP contribution in [0.2, 0.25) is 5.02 Å². The van der Waals surface area contributed by atoms with E-state index < -0.39 is 0 Å². The molecule has 1 aromatic carbocycles. The Kier molecular flexibility index (Phi) is 2.72.